The number of nitrogens with zero attached hydrogens (tertiary/aromatic N) is 4. The third-order valence-electron chi connectivity index (χ3n) is 1.90. The molecule has 1 N–H and O–H groups in total. The van der Waals surface area contributed by atoms with E-state index in [2.05, 4.69) is 20.5 Å². The van der Waals surface area contributed by atoms with E-state index in [1.807, 2.05) is 6.92 Å². The molecule has 0 saturated heterocycles. The van der Waals surface area contributed by atoms with E-state index >= 15 is 0 Å². The number of hydrogen-bond acceptors (Lipinski definition) is 4. The van der Waals surface area contributed by atoms with Crippen molar-refractivity contribution in [2.24, 2.45) is 0 Å². The van der Waals surface area contributed by atoms with Gasteiger partial charge in [0.1, 0.15) is 5.69 Å². The maximum absolute atomic E-state index is 11.8. The van der Waals surface area contributed by atoms with Gasteiger partial charge in [0, 0.05) is 12.7 Å². The minimum Gasteiger partial charge on any atom is -0.285 e. The van der Waals surface area contributed by atoms with Gasteiger partial charge in [-0.2, -0.15) is 20.5 Å². The van der Waals surface area contributed by atoms with Crippen LogP contribution in [0, 0.1) is 0 Å². The lowest BCUT2D eigenvalue weighted by molar-refractivity contribution is 0.102. The highest BCUT2D eigenvalue weighted by molar-refractivity contribution is 6.06. The number of nitrogens with one attached hydrogen (secondary N) is 1. The summed E-state index contributed by atoms with van der Waals surface area (Å²) in [4.78, 5) is 11.8. The first-order valence-corrected chi connectivity index (χ1v) is 4.25. The Morgan fingerprint density at radius 1 is 1.64 bits per heavy atom. The molecule has 72 valence electrons. The van der Waals surface area contributed by atoms with Crippen molar-refractivity contribution in [3.05, 3.63) is 29.8 Å². The normalized spacial score (nSPS) is 10.4. The lowest BCUT2D eigenvalue weighted by Crippen LogP contribution is -2.10. The minimum atomic E-state index is -0.168. The summed E-state index contributed by atoms with van der Waals surface area (Å²) in [7, 11) is 0. The molecular weight excluding hydrogens is 182 g/mol. The predicted octanol–water partition coefficient (Wildman–Crippen LogP) is 0.252. The smallest absolute Gasteiger partial charge is 0.232 e. The number of hydrogen-bond donors (Lipinski definition) is 1. The largest absolute Gasteiger partial charge is 0.285 e. The summed E-state index contributed by atoms with van der Waals surface area (Å²) in [5.74, 6) is -0.168. The van der Waals surface area contributed by atoms with Crippen molar-refractivity contribution >= 4 is 5.78 Å². The lowest BCUT2D eigenvalue weighted by Gasteiger charge is -2.00. The van der Waals surface area contributed by atoms with Gasteiger partial charge < -0.3 is 0 Å². The van der Waals surface area contributed by atoms with Crippen LogP contribution in [0.2, 0.25) is 0 Å². The van der Waals surface area contributed by atoms with E-state index in [4.69, 9.17) is 0 Å². The highest BCUT2D eigenvalue weighted by atomic mass is 16.1. The van der Waals surface area contributed by atoms with Crippen LogP contribution in [0.25, 0.3) is 0 Å². The number of carbonyl (C=O) groups excluding carboxylic acids is 1. The van der Waals surface area contributed by atoms with E-state index < -0.39 is 0 Å². The topological polar surface area (TPSA) is 76.5 Å². The van der Waals surface area contributed by atoms with Crippen molar-refractivity contribution < 1.29 is 4.79 Å². The number of aromatic amines is 1. The third kappa shape index (κ3) is 1.30. The van der Waals surface area contributed by atoms with E-state index in [0.717, 1.165) is 0 Å². The van der Waals surface area contributed by atoms with Crippen LogP contribution in [0.15, 0.2) is 18.5 Å². The SMILES string of the molecule is CCn1nccc1C(=O)c1cn[nH]n1. The lowest BCUT2D eigenvalue weighted by atomic mass is 10.2. The zero-order valence-corrected chi connectivity index (χ0v) is 7.64. The number of aryl methyl sites for hydroxylation is 1. The second-order valence-electron chi connectivity index (χ2n) is 2.72. The molecule has 0 unspecified atom stereocenters. The highest BCUT2D eigenvalue weighted by Crippen LogP contribution is 2.05. The monoisotopic (exact) mass is 191 g/mol. The summed E-state index contributed by atoms with van der Waals surface area (Å²) in [5.41, 5.74) is 0.835. The molecule has 2 heterocycles. The summed E-state index contributed by atoms with van der Waals surface area (Å²) in [6, 6.07) is 1.67. The second-order valence-corrected chi connectivity index (χ2v) is 2.72. The first-order chi connectivity index (χ1) is 6.83. The second kappa shape index (κ2) is 3.41. The summed E-state index contributed by atoms with van der Waals surface area (Å²) < 4.78 is 1.62. The first kappa shape index (κ1) is 8.61. The molecule has 0 bridgehead atoms. The molecule has 0 saturated carbocycles. The van der Waals surface area contributed by atoms with Gasteiger partial charge in [-0.05, 0) is 13.0 Å². The fraction of sp³-hybridized carbons (Fsp3) is 0.250. The van der Waals surface area contributed by atoms with Gasteiger partial charge in [0.2, 0.25) is 5.78 Å². The number of rotatable bonds is 3. The molecular formula is C8H9N5O. The summed E-state index contributed by atoms with van der Waals surface area (Å²) in [6.45, 7) is 2.58. The highest BCUT2D eigenvalue weighted by Gasteiger charge is 2.15. The molecule has 0 aromatic carbocycles. The van der Waals surface area contributed by atoms with E-state index in [0.29, 0.717) is 17.9 Å². The predicted molar refractivity (Wildman–Crippen MR) is 47.7 cm³/mol. The van der Waals surface area contributed by atoms with Crippen LogP contribution in [0.4, 0.5) is 0 Å². The van der Waals surface area contributed by atoms with E-state index in [1.165, 1.54) is 6.20 Å². The quantitative estimate of drug-likeness (QED) is 0.705. The molecule has 0 amide bonds. The van der Waals surface area contributed by atoms with Crippen LogP contribution in [0.5, 0.6) is 0 Å². The van der Waals surface area contributed by atoms with Crippen LogP contribution in [-0.2, 0) is 6.54 Å². The van der Waals surface area contributed by atoms with Gasteiger partial charge in [0.25, 0.3) is 0 Å². The van der Waals surface area contributed by atoms with Crippen LogP contribution in [0.3, 0.4) is 0 Å². The zero-order valence-electron chi connectivity index (χ0n) is 7.64. The molecule has 0 spiro atoms. The molecule has 0 fully saturated rings. The Labute approximate surface area is 79.9 Å². The van der Waals surface area contributed by atoms with Crippen molar-refractivity contribution in [3.63, 3.8) is 0 Å². The Kier molecular flexibility index (Phi) is 2.10. The Morgan fingerprint density at radius 3 is 3.14 bits per heavy atom. The van der Waals surface area contributed by atoms with Gasteiger partial charge in [-0.15, -0.1) is 0 Å². The van der Waals surface area contributed by atoms with Gasteiger partial charge in [-0.1, -0.05) is 0 Å². The van der Waals surface area contributed by atoms with Crippen molar-refractivity contribution in [1.82, 2.24) is 25.2 Å². The molecule has 2 aromatic heterocycles. The van der Waals surface area contributed by atoms with Crippen LogP contribution in [0.1, 0.15) is 23.1 Å². The number of carbonyl (C=O) groups is 1. The Bertz CT molecular complexity index is 430. The molecule has 0 radical (unpaired) electrons. The van der Waals surface area contributed by atoms with Crippen molar-refractivity contribution in [2.45, 2.75) is 13.5 Å². The van der Waals surface area contributed by atoms with Crippen molar-refractivity contribution in [2.75, 3.05) is 0 Å². The van der Waals surface area contributed by atoms with Crippen LogP contribution in [-0.4, -0.2) is 31.0 Å². The number of H-pyrrole nitrogens is 1. The van der Waals surface area contributed by atoms with Crippen molar-refractivity contribution in [1.29, 1.82) is 0 Å². The Morgan fingerprint density at radius 2 is 2.50 bits per heavy atom. The summed E-state index contributed by atoms with van der Waals surface area (Å²) >= 11 is 0. The van der Waals surface area contributed by atoms with Gasteiger partial charge in [-0.25, -0.2) is 0 Å². The molecule has 14 heavy (non-hydrogen) atoms. The van der Waals surface area contributed by atoms with Gasteiger partial charge in [-0.3, -0.25) is 9.48 Å². The van der Waals surface area contributed by atoms with Crippen LogP contribution < -0.4 is 0 Å². The summed E-state index contributed by atoms with van der Waals surface area (Å²) in [6.07, 6.45) is 2.99. The van der Waals surface area contributed by atoms with Gasteiger partial charge in [0.05, 0.1) is 6.20 Å². The van der Waals surface area contributed by atoms with E-state index in [-0.39, 0.29) is 5.78 Å². The van der Waals surface area contributed by atoms with Gasteiger partial charge in [0.15, 0.2) is 5.69 Å². The zero-order chi connectivity index (χ0) is 9.97. The first-order valence-electron chi connectivity index (χ1n) is 4.25. The molecule has 6 heteroatoms. The van der Waals surface area contributed by atoms with E-state index in [1.54, 1.807) is 16.9 Å². The minimum absolute atomic E-state index is 0.168. The molecule has 0 aliphatic heterocycles. The number of aromatic nitrogens is 5. The average Bonchev–Trinajstić information content (AvgIpc) is 2.87. The third-order valence-corrected chi connectivity index (χ3v) is 1.90. The molecule has 0 aliphatic carbocycles. The van der Waals surface area contributed by atoms with E-state index in [9.17, 15) is 4.79 Å². The maximum Gasteiger partial charge on any atom is 0.232 e. The average molecular weight is 191 g/mol. The molecule has 0 atom stereocenters. The molecule has 0 aliphatic rings. The van der Waals surface area contributed by atoms with Crippen molar-refractivity contribution in [3.8, 4) is 0 Å². The Balaban J connectivity index is 2.36. The molecule has 2 aromatic rings. The summed E-state index contributed by atoms with van der Waals surface area (Å²) in [5, 5.41) is 13.7. The Hall–Kier alpha value is -1.98. The molecule has 6 nitrogen and oxygen atoms in total. The maximum atomic E-state index is 11.8. The fourth-order valence-electron chi connectivity index (χ4n) is 1.22. The molecule has 2 rings (SSSR count). The number of ketones is 1. The van der Waals surface area contributed by atoms with Gasteiger partial charge >= 0.3 is 0 Å². The standard InChI is InChI=1S/C8H9N5O/c1-2-13-7(3-4-10-13)8(14)6-5-9-12-11-6/h3-5H,2H2,1H3,(H,9,11,12). The van der Waals surface area contributed by atoms with Crippen LogP contribution >= 0.6 is 0 Å². The fourth-order valence-corrected chi connectivity index (χ4v) is 1.22.